The molecule has 0 saturated heterocycles. The first-order valence-corrected chi connectivity index (χ1v) is 11.9. The summed E-state index contributed by atoms with van der Waals surface area (Å²) in [5.74, 6) is -2.17. The summed E-state index contributed by atoms with van der Waals surface area (Å²) in [6.45, 7) is 1.83. The second-order valence-corrected chi connectivity index (χ2v) is 10.8. The molecule has 6 atom stereocenters. The van der Waals surface area contributed by atoms with Gasteiger partial charge in [0.15, 0.2) is 17.8 Å². The lowest BCUT2D eigenvalue weighted by atomic mass is 9.54. The van der Waals surface area contributed by atoms with Crippen molar-refractivity contribution in [3.63, 3.8) is 0 Å². The second-order valence-electron chi connectivity index (χ2n) is 8.97. The number of hydrogen-bond donors (Lipinski definition) is 2. The van der Waals surface area contributed by atoms with Gasteiger partial charge in [0.2, 0.25) is 0 Å². The van der Waals surface area contributed by atoms with Gasteiger partial charge in [-0.3, -0.25) is 9.00 Å². The third-order valence-corrected chi connectivity index (χ3v) is 8.44. The van der Waals surface area contributed by atoms with Crippen LogP contribution in [0.1, 0.15) is 43.0 Å². The summed E-state index contributed by atoms with van der Waals surface area (Å²) in [4.78, 5) is 12.9. The molecule has 2 bridgehead atoms. The third kappa shape index (κ3) is 4.61. The van der Waals surface area contributed by atoms with Crippen molar-refractivity contribution in [1.82, 2.24) is 5.32 Å². The summed E-state index contributed by atoms with van der Waals surface area (Å²) in [5, 5.41) is 12.9. The Hall–Kier alpha value is -1.64. The maximum atomic E-state index is 13.5. The van der Waals surface area contributed by atoms with Crippen molar-refractivity contribution in [3.8, 4) is 0 Å². The van der Waals surface area contributed by atoms with Crippen molar-refractivity contribution in [1.29, 1.82) is 0 Å². The number of carbonyl (C=O) groups is 1. The number of carbonyl (C=O) groups excluding carboxylic acids is 1. The van der Waals surface area contributed by atoms with Gasteiger partial charge in [-0.05, 0) is 68.2 Å². The van der Waals surface area contributed by atoms with E-state index in [2.05, 4.69) is 5.32 Å². The summed E-state index contributed by atoms with van der Waals surface area (Å²) in [6.07, 6.45) is 0.546. The zero-order valence-electron chi connectivity index (χ0n) is 16.8. The van der Waals surface area contributed by atoms with Crippen molar-refractivity contribution >= 4 is 28.3 Å². The van der Waals surface area contributed by atoms with E-state index in [1.54, 1.807) is 0 Å². The molecule has 9 heteroatoms. The summed E-state index contributed by atoms with van der Waals surface area (Å²) >= 11 is 6.23. The Morgan fingerprint density at radius 3 is 2.65 bits per heavy atom. The average molecular weight is 474 g/mol. The molecular weight excluding hydrogens is 451 g/mol. The fourth-order valence-electron chi connectivity index (χ4n) is 4.98. The Morgan fingerprint density at radius 2 is 2.00 bits per heavy atom. The minimum atomic E-state index is -2.14. The van der Waals surface area contributed by atoms with Gasteiger partial charge in [0.1, 0.15) is 0 Å². The molecule has 0 heterocycles. The normalized spacial score (nSPS) is 33.4. The Bertz CT molecular complexity index is 996. The van der Waals surface area contributed by atoms with E-state index in [0.717, 1.165) is 12.5 Å². The number of benzene rings is 1. The van der Waals surface area contributed by atoms with Crippen molar-refractivity contribution < 1.29 is 27.3 Å². The van der Waals surface area contributed by atoms with Crippen LogP contribution in [0, 0.1) is 17.8 Å². The van der Waals surface area contributed by atoms with Gasteiger partial charge in [0.05, 0.1) is 26.3 Å². The van der Waals surface area contributed by atoms with Crippen LogP contribution in [0.15, 0.2) is 46.5 Å². The Kier molecular flexibility index (Phi) is 6.09. The first-order chi connectivity index (χ1) is 14.5. The number of fused-ring (bicyclic) bond motifs is 2. The standard InChI is InChI=1S/C22H23ClF3NO3S/c1-22(29)8-12-4-13(9-22)15(12)10-31(30)19-5-11(2-3-16(19)23)21(28)27-14-6-17(24)20(26)18(25)7-14/h2-3,5-6,12-13,15,18,29H,4,7-10H2,1H3,(H,27,28)/t12-,13?,15?,18?,22?,31?/m0/s1. The number of alkyl halides is 1. The average Bonchev–Trinajstić information content (AvgIpc) is 2.69. The zero-order chi connectivity index (χ0) is 22.5. The highest BCUT2D eigenvalue weighted by Crippen LogP contribution is 2.54. The van der Waals surface area contributed by atoms with Gasteiger partial charge in [-0.1, -0.05) is 11.6 Å². The van der Waals surface area contributed by atoms with E-state index in [1.165, 1.54) is 18.2 Å². The number of halogens is 4. The molecule has 1 aromatic carbocycles. The molecule has 4 nitrogen and oxygen atoms in total. The van der Waals surface area contributed by atoms with E-state index in [1.807, 2.05) is 6.92 Å². The number of rotatable bonds is 5. The van der Waals surface area contributed by atoms with E-state index in [4.69, 9.17) is 11.6 Å². The third-order valence-electron chi connectivity index (χ3n) is 6.48. The van der Waals surface area contributed by atoms with Gasteiger partial charge >= 0.3 is 0 Å². The van der Waals surface area contributed by atoms with Crippen LogP contribution in [0.25, 0.3) is 0 Å². The minimum absolute atomic E-state index is 0.0802. The fourth-order valence-corrected chi connectivity index (χ4v) is 6.98. The molecule has 0 aromatic heterocycles. The van der Waals surface area contributed by atoms with Crippen LogP contribution in [-0.4, -0.2) is 32.7 Å². The SMILES string of the molecule is CC1(O)CC2C[C@@H](C1)C2CS(=O)c1cc(C(=O)NC2=CC(F)=C(F)C(F)C2)ccc1Cl. The van der Waals surface area contributed by atoms with Crippen LogP contribution in [-0.2, 0) is 10.8 Å². The van der Waals surface area contributed by atoms with Crippen LogP contribution in [0.2, 0.25) is 5.02 Å². The molecule has 168 valence electrons. The van der Waals surface area contributed by atoms with Gasteiger partial charge < -0.3 is 10.4 Å². The molecule has 5 unspecified atom stereocenters. The molecule has 0 aliphatic heterocycles. The predicted octanol–water partition coefficient (Wildman–Crippen LogP) is 4.75. The van der Waals surface area contributed by atoms with E-state index in [9.17, 15) is 27.3 Å². The van der Waals surface area contributed by atoms with E-state index in [-0.39, 0.29) is 22.2 Å². The molecule has 4 aliphatic rings. The number of allylic oxidation sites excluding steroid dienone is 4. The maximum Gasteiger partial charge on any atom is 0.255 e. The molecule has 3 saturated carbocycles. The van der Waals surface area contributed by atoms with Gasteiger partial charge in [0.25, 0.3) is 5.91 Å². The number of amides is 1. The van der Waals surface area contributed by atoms with Gasteiger partial charge in [-0.15, -0.1) is 0 Å². The van der Waals surface area contributed by atoms with Crippen LogP contribution >= 0.6 is 11.6 Å². The number of nitrogens with one attached hydrogen (secondary N) is 1. The monoisotopic (exact) mass is 473 g/mol. The van der Waals surface area contributed by atoms with Crippen molar-refractivity contribution in [2.24, 2.45) is 17.8 Å². The number of aliphatic hydroxyl groups is 1. The summed E-state index contributed by atoms with van der Waals surface area (Å²) in [6, 6.07) is 4.31. The van der Waals surface area contributed by atoms with E-state index in [0.29, 0.717) is 35.3 Å². The van der Waals surface area contributed by atoms with E-state index >= 15 is 0 Å². The second kappa shape index (κ2) is 8.37. The fraction of sp³-hybridized carbons (Fsp3) is 0.500. The lowest BCUT2D eigenvalue weighted by Crippen LogP contribution is -2.52. The molecule has 5 rings (SSSR count). The molecule has 3 fully saturated rings. The molecule has 2 N–H and O–H groups in total. The van der Waals surface area contributed by atoms with Crippen LogP contribution in [0.3, 0.4) is 0 Å². The van der Waals surface area contributed by atoms with Crippen LogP contribution in [0.4, 0.5) is 13.2 Å². The zero-order valence-corrected chi connectivity index (χ0v) is 18.4. The first kappa shape index (κ1) is 22.6. The van der Waals surface area contributed by atoms with Crippen LogP contribution < -0.4 is 5.32 Å². The highest BCUT2D eigenvalue weighted by Gasteiger charge is 2.51. The quantitative estimate of drug-likeness (QED) is 0.648. The summed E-state index contributed by atoms with van der Waals surface area (Å²) in [7, 11) is -1.44. The van der Waals surface area contributed by atoms with Gasteiger partial charge in [0, 0.05) is 23.4 Å². The Balaban J connectivity index is 1.46. The van der Waals surface area contributed by atoms with Gasteiger partial charge in [-0.2, -0.15) is 0 Å². The number of hydrogen-bond acceptors (Lipinski definition) is 3. The predicted molar refractivity (Wildman–Crippen MR) is 112 cm³/mol. The molecule has 1 aromatic rings. The Morgan fingerprint density at radius 1 is 1.32 bits per heavy atom. The van der Waals surface area contributed by atoms with Crippen LogP contribution in [0.5, 0.6) is 0 Å². The largest absolute Gasteiger partial charge is 0.390 e. The van der Waals surface area contributed by atoms with Crippen molar-refractivity contribution in [2.75, 3.05) is 5.75 Å². The lowest BCUT2D eigenvalue weighted by Gasteiger charge is -2.54. The first-order valence-electron chi connectivity index (χ1n) is 10.2. The minimum Gasteiger partial charge on any atom is -0.390 e. The summed E-state index contributed by atoms with van der Waals surface area (Å²) in [5.41, 5.74) is -0.606. The summed E-state index contributed by atoms with van der Waals surface area (Å²) < 4.78 is 53.1. The Labute approximate surface area is 186 Å². The molecule has 0 spiro atoms. The molecular formula is C22H23ClF3NO3S. The smallest absolute Gasteiger partial charge is 0.255 e. The lowest BCUT2D eigenvalue weighted by molar-refractivity contribution is -0.107. The van der Waals surface area contributed by atoms with Crippen molar-refractivity contribution in [2.45, 2.75) is 49.3 Å². The van der Waals surface area contributed by atoms with Gasteiger partial charge in [-0.25, -0.2) is 13.2 Å². The molecule has 1 amide bonds. The molecule has 31 heavy (non-hydrogen) atoms. The molecule has 0 radical (unpaired) electrons. The topological polar surface area (TPSA) is 66.4 Å². The highest BCUT2D eigenvalue weighted by molar-refractivity contribution is 7.85. The van der Waals surface area contributed by atoms with Crippen molar-refractivity contribution in [3.05, 3.63) is 52.2 Å². The molecule has 4 aliphatic carbocycles. The van der Waals surface area contributed by atoms with E-state index < -0.39 is 46.6 Å². The highest BCUT2D eigenvalue weighted by atomic mass is 35.5. The maximum absolute atomic E-state index is 13.5.